The van der Waals surface area contributed by atoms with E-state index in [2.05, 4.69) is 25.4 Å². The van der Waals surface area contributed by atoms with Crippen LogP contribution in [0.4, 0.5) is 18.9 Å². The maximum atomic E-state index is 13.4. The molecule has 0 bridgehead atoms. The second kappa shape index (κ2) is 18.3. The number of likely N-dealkylation sites (tertiary alicyclic amines) is 2. The molecule has 6 heterocycles. The molecule has 15 nitrogen and oxygen atoms in total. The van der Waals surface area contributed by atoms with Crippen LogP contribution in [0.3, 0.4) is 0 Å². The number of rotatable bonds is 11. The number of para-hydroxylation sites is 1. The number of amides is 3. The Morgan fingerprint density at radius 1 is 0.894 bits per heavy atom. The van der Waals surface area contributed by atoms with Crippen molar-refractivity contribution in [1.29, 1.82) is 0 Å². The van der Waals surface area contributed by atoms with E-state index >= 15 is 0 Å². The van der Waals surface area contributed by atoms with Crippen LogP contribution in [0.1, 0.15) is 117 Å². The SMILES string of the molecule is Cn1c(=O)n(C2CCC(=O)NC2=O)c2cccc(CN3CCC(OC4CCN(C[C@H]5CC[C@H](n6cc7cc(NC(=O)c8cccc(C(F)(F)F)n8)c(C(C)(C)O)cc7n6)CC5)CC4)CC3)c21. The van der Waals surface area contributed by atoms with Gasteiger partial charge in [-0.3, -0.25) is 38.4 Å². The fourth-order valence-electron chi connectivity index (χ4n) is 10.6. The van der Waals surface area contributed by atoms with Crippen LogP contribution in [0.5, 0.6) is 0 Å². The molecule has 3 aromatic heterocycles. The molecule has 1 aliphatic carbocycles. The summed E-state index contributed by atoms with van der Waals surface area (Å²) >= 11 is 0. The van der Waals surface area contributed by atoms with Crippen molar-refractivity contribution in [1.82, 2.24) is 39.0 Å². The van der Waals surface area contributed by atoms with Gasteiger partial charge in [0.1, 0.15) is 17.4 Å². The lowest BCUT2D eigenvalue weighted by Gasteiger charge is -2.39. The second-order valence-electron chi connectivity index (χ2n) is 19.2. The number of halogens is 3. The first-order chi connectivity index (χ1) is 31.5. The molecule has 2 aromatic carbocycles. The number of ether oxygens (including phenoxy) is 1. The predicted molar refractivity (Wildman–Crippen MR) is 241 cm³/mol. The summed E-state index contributed by atoms with van der Waals surface area (Å²) in [6.45, 7) is 8.73. The number of nitrogens with zero attached hydrogens (tertiary/aromatic N) is 7. The van der Waals surface area contributed by atoms with E-state index < -0.39 is 35.3 Å². The van der Waals surface area contributed by atoms with Gasteiger partial charge in [-0.05, 0) is 113 Å². The summed E-state index contributed by atoms with van der Waals surface area (Å²) in [5.74, 6) is -0.965. The number of hydrogen-bond donors (Lipinski definition) is 3. The normalized spacial score (nSPS) is 22.3. The zero-order chi connectivity index (χ0) is 46.5. The molecular formula is C48H58F3N9O6. The Bertz CT molecular complexity index is 2680. The van der Waals surface area contributed by atoms with Crippen molar-refractivity contribution in [2.75, 3.05) is 38.0 Å². The third-order valence-corrected chi connectivity index (χ3v) is 14.1. The van der Waals surface area contributed by atoms with Crippen LogP contribution in [-0.2, 0) is 39.7 Å². The number of aliphatic hydroxyl groups is 1. The summed E-state index contributed by atoms with van der Waals surface area (Å²) in [7, 11) is 1.75. The second-order valence-corrected chi connectivity index (χ2v) is 19.2. The average molecular weight is 914 g/mol. The Balaban J connectivity index is 0.732. The first-order valence-corrected chi connectivity index (χ1v) is 23.2. The maximum absolute atomic E-state index is 13.4. The molecule has 1 unspecified atom stereocenters. The number of nitrogens with one attached hydrogen (secondary N) is 2. The van der Waals surface area contributed by atoms with Crippen molar-refractivity contribution in [2.45, 2.75) is 121 Å². The van der Waals surface area contributed by atoms with Crippen molar-refractivity contribution in [3.8, 4) is 0 Å². The smallest absolute Gasteiger partial charge is 0.386 e. The van der Waals surface area contributed by atoms with E-state index in [-0.39, 0.29) is 47.6 Å². The number of hydrogen-bond acceptors (Lipinski definition) is 10. The minimum Gasteiger partial charge on any atom is -0.386 e. The number of piperidine rings is 3. The molecule has 0 spiro atoms. The van der Waals surface area contributed by atoms with E-state index in [4.69, 9.17) is 9.84 Å². The third kappa shape index (κ3) is 9.69. The highest BCUT2D eigenvalue weighted by atomic mass is 19.4. The molecule has 1 saturated carbocycles. The lowest BCUT2D eigenvalue weighted by Crippen LogP contribution is -2.44. The van der Waals surface area contributed by atoms with Crippen LogP contribution in [0.25, 0.3) is 21.9 Å². The number of alkyl halides is 3. The van der Waals surface area contributed by atoms with Gasteiger partial charge in [-0.25, -0.2) is 9.78 Å². The molecule has 3 aliphatic heterocycles. The van der Waals surface area contributed by atoms with Gasteiger partial charge in [0, 0.05) is 75.6 Å². The van der Waals surface area contributed by atoms with Gasteiger partial charge in [0.05, 0.1) is 40.4 Å². The van der Waals surface area contributed by atoms with Crippen LogP contribution in [0, 0.1) is 5.92 Å². The minimum absolute atomic E-state index is 0.200. The number of aromatic nitrogens is 5. The summed E-state index contributed by atoms with van der Waals surface area (Å²) in [5, 5.41) is 21.7. The van der Waals surface area contributed by atoms with Crippen molar-refractivity contribution < 1.29 is 37.4 Å². The number of imidazole rings is 1. The highest BCUT2D eigenvalue weighted by molar-refractivity contribution is 6.04. The van der Waals surface area contributed by atoms with Crippen molar-refractivity contribution in [3.05, 3.63) is 87.7 Å². The first kappa shape index (κ1) is 45.7. The molecule has 0 radical (unpaired) electrons. The number of pyridine rings is 1. The van der Waals surface area contributed by atoms with Crippen LogP contribution in [0.2, 0.25) is 0 Å². The van der Waals surface area contributed by atoms with Crippen LogP contribution in [-0.4, -0.2) is 101 Å². The molecule has 66 heavy (non-hydrogen) atoms. The van der Waals surface area contributed by atoms with Gasteiger partial charge < -0.3 is 20.1 Å². The summed E-state index contributed by atoms with van der Waals surface area (Å²) < 4.78 is 51.7. The molecule has 4 fully saturated rings. The molecule has 3 saturated heterocycles. The van der Waals surface area contributed by atoms with Crippen molar-refractivity contribution in [3.63, 3.8) is 0 Å². The van der Waals surface area contributed by atoms with E-state index in [1.165, 1.54) is 6.07 Å². The molecule has 5 aromatic rings. The lowest BCUT2D eigenvalue weighted by molar-refractivity contribution is -0.141. The van der Waals surface area contributed by atoms with Gasteiger partial charge in [-0.2, -0.15) is 18.3 Å². The number of carbonyl (C=O) groups excluding carboxylic acids is 3. The van der Waals surface area contributed by atoms with E-state index in [0.29, 0.717) is 35.5 Å². The highest BCUT2D eigenvalue weighted by Crippen LogP contribution is 2.37. The molecule has 352 valence electrons. The fourth-order valence-corrected chi connectivity index (χ4v) is 10.6. The van der Waals surface area contributed by atoms with Gasteiger partial charge in [-0.1, -0.05) is 18.2 Å². The van der Waals surface area contributed by atoms with Crippen molar-refractivity contribution >= 4 is 45.3 Å². The summed E-state index contributed by atoms with van der Waals surface area (Å²) in [4.78, 5) is 59.5. The highest BCUT2D eigenvalue weighted by Gasteiger charge is 2.35. The predicted octanol–water partition coefficient (Wildman–Crippen LogP) is 6.44. The van der Waals surface area contributed by atoms with E-state index in [9.17, 15) is 37.5 Å². The lowest BCUT2D eigenvalue weighted by atomic mass is 9.85. The average Bonchev–Trinajstić information content (AvgIpc) is 3.82. The van der Waals surface area contributed by atoms with E-state index in [1.807, 2.05) is 29.1 Å². The van der Waals surface area contributed by atoms with Crippen molar-refractivity contribution in [2.24, 2.45) is 13.0 Å². The molecular weight excluding hydrogens is 856 g/mol. The number of anilines is 1. The minimum atomic E-state index is -4.69. The summed E-state index contributed by atoms with van der Waals surface area (Å²) in [6, 6.07) is 12.0. The standard InChI is InChI=1S/C48H58F3N9O6/c1-47(2,65)35-25-37-31(24-38(35)53-44(62)36-7-5-9-41(52-36)48(49,50)51)28-59(55-37)32-12-10-29(11-13-32)26-57-20-16-33(17-21-57)66-34-18-22-58(23-19-34)27-30-6-4-8-39-43(30)56(3)46(64)60(39)40-14-15-42(61)54-45(40)63/h4-9,24-25,28-29,32-34,40,65H,10-23,26-27H2,1-3H3,(H,53,62)(H,54,61,63)/t29-,32-,40?. The molecule has 3 amide bonds. The summed E-state index contributed by atoms with van der Waals surface area (Å²) in [6.07, 6.45) is 6.25. The first-order valence-electron chi connectivity index (χ1n) is 23.2. The van der Waals surface area contributed by atoms with Crippen LogP contribution < -0.4 is 16.3 Å². The molecule has 1 atom stereocenters. The molecule has 3 N–H and O–H groups in total. The number of benzene rings is 2. The topological polar surface area (TPSA) is 169 Å². The Morgan fingerprint density at radius 2 is 1.58 bits per heavy atom. The van der Waals surface area contributed by atoms with Crippen LogP contribution >= 0.6 is 0 Å². The van der Waals surface area contributed by atoms with Crippen LogP contribution in [0.15, 0.2) is 59.5 Å². The Labute approximate surface area is 380 Å². The van der Waals surface area contributed by atoms with E-state index in [1.54, 1.807) is 42.2 Å². The molecule has 9 rings (SSSR count). The molecule has 4 aliphatic rings. The largest absolute Gasteiger partial charge is 0.433 e. The fraction of sp³-hybridized carbons (Fsp3) is 0.542. The number of carbonyl (C=O) groups is 3. The zero-order valence-electron chi connectivity index (χ0n) is 37.6. The quantitative estimate of drug-likeness (QED) is 0.126. The Morgan fingerprint density at radius 3 is 2.24 bits per heavy atom. The van der Waals surface area contributed by atoms with Gasteiger partial charge >= 0.3 is 11.9 Å². The monoisotopic (exact) mass is 913 g/mol. The Kier molecular flexibility index (Phi) is 12.7. The number of imide groups is 1. The zero-order valence-corrected chi connectivity index (χ0v) is 37.6. The third-order valence-electron chi connectivity index (χ3n) is 14.1. The van der Waals surface area contributed by atoms with Gasteiger partial charge in [-0.15, -0.1) is 0 Å². The maximum Gasteiger partial charge on any atom is 0.433 e. The van der Waals surface area contributed by atoms with Gasteiger partial charge in [0.2, 0.25) is 11.8 Å². The Hall–Kier alpha value is -5.43. The van der Waals surface area contributed by atoms with Gasteiger partial charge in [0.15, 0.2) is 0 Å². The summed E-state index contributed by atoms with van der Waals surface area (Å²) in [5.41, 5.74) is 0.722. The molecule has 18 heteroatoms. The number of fused-ring (bicyclic) bond motifs is 2. The van der Waals surface area contributed by atoms with E-state index in [0.717, 1.165) is 113 Å². The van der Waals surface area contributed by atoms with Gasteiger partial charge in [0.25, 0.3) is 5.91 Å². The number of aryl methyl sites for hydroxylation is 1.